The zero-order valence-electron chi connectivity index (χ0n) is 15.6. The van der Waals surface area contributed by atoms with Crippen molar-refractivity contribution in [3.8, 4) is 0 Å². The van der Waals surface area contributed by atoms with Gasteiger partial charge in [0.2, 0.25) is 11.6 Å². The Hall–Kier alpha value is -2.35. The predicted molar refractivity (Wildman–Crippen MR) is 122 cm³/mol. The number of aryl methyl sites for hydroxylation is 2. The van der Waals surface area contributed by atoms with Gasteiger partial charge in [-0.1, -0.05) is 36.0 Å². The molecule has 7 heteroatoms. The van der Waals surface area contributed by atoms with Crippen LogP contribution in [0, 0.1) is 13.8 Å². The molecule has 0 spiro atoms. The van der Waals surface area contributed by atoms with E-state index in [9.17, 15) is 9.59 Å². The van der Waals surface area contributed by atoms with E-state index in [1.54, 1.807) is 0 Å². The van der Waals surface area contributed by atoms with Gasteiger partial charge in [0.15, 0.2) is 0 Å². The Morgan fingerprint density at radius 2 is 1.10 bits per heavy atom. The van der Waals surface area contributed by atoms with Gasteiger partial charge in [-0.05, 0) is 59.7 Å². The van der Waals surface area contributed by atoms with Crippen LogP contribution in [0.5, 0.6) is 0 Å². The van der Waals surface area contributed by atoms with Crippen LogP contribution in [0.3, 0.4) is 0 Å². The first kappa shape index (κ1) is 18.7. The molecule has 0 N–H and O–H groups in total. The minimum Gasteiger partial charge on any atom is -0.287 e. The van der Waals surface area contributed by atoms with E-state index in [-0.39, 0.29) is 11.6 Å². The number of rotatable bonds is 0. The quantitative estimate of drug-likeness (QED) is 0.386. The maximum Gasteiger partial charge on any atom is 0.213 e. The highest BCUT2D eigenvalue weighted by Gasteiger charge is 2.31. The summed E-state index contributed by atoms with van der Waals surface area (Å²) in [4.78, 5) is 34.8. The van der Waals surface area contributed by atoms with Gasteiger partial charge in [0, 0.05) is 33.7 Å². The molecule has 3 aliphatic rings. The van der Waals surface area contributed by atoms with E-state index >= 15 is 0 Å². The molecule has 0 saturated carbocycles. The zero-order valence-corrected chi connectivity index (χ0v) is 18.0. The van der Waals surface area contributed by atoms with E-state index < -0.39 is 0 Å². The average Bonchev–Trinajstić information content (AvgIpc) is 3.19. The van der Waals surface area contributed by atoms with Crippen molar-refractivity contribution >= 4 is 57.1 Å². The van der Waals surface area contributed by atoms with E-state index in [0.29, 0.717) is 22.5 Å². The lowest BCUT2D eigenvalue weighted by molar-refractivity contribution is 0.102. The van der Waals surface area contributed by atoms with Crippen molar-refractivity contribution in [3.05, 3.63) is 89.9 Å². The van der Waals surface area contributed by atoms with Crippen LogP contribution in [-0.4, -0.2) is 21.5 Å². The minimum absolute atomic E-state index is 0.0683. The molecular formula is C22H14N2O2S3. The molecule has 29 heavy (non-hydrogen) atoms. The second kappa shape index (κ2) is 7.16. The Bertz CT molecular complexity index is 1140. The van der Waals surface area contributed by atoms with Crippen LogP contribution in [0.2, 0.25) is 0 Å². The van der Waals surface area contributed by atoms with Crippen LogP contribution < -0.4 is 0 Å². The number of hydrogen-bond donors (Lipinski definition) is 0. The summed E-state index contributed by atoms with van der Waals surface area (Å²) in [5.41, 5.74) is 5.57. The number of carbonyl (C=O) groups is 2. The highest BCUT2D eigenvalue weighted by atomic mass is 33.1. The molecule has 5 rings (SSSR count). The smallest absolute Gasteiger partial charge is 0.213 e. The lowest BCUT2D eigenvalue weighted by Gasteiger charge is -2.13. The normalized spacial score (nSPS) is 22.8. The van der Waals surface area contributed by atoms with Crippen LogP contribution in [0.15, 0.2) is 56.0 Å². The number of hydrogen-bond acceptors (Lipinski definition) is 7. The molecule has 2 aromatic heterocycles. The van der Waals surface area contributed by atoms with Crippen LogP contribution in [0.4, 0.5) is 0 Å². The summed E-state index contributed by atoms with van der Waals surface area (Å²) in [6.07, 6.45) is 7.56. The summed E-state index contributed by atoms with van der Waals surface area (Å²) in [7, 11) is 3.03. The molecule has 2 aromatic rings. The van der Waals surface area contributed by atoms with Gasteiger partial charge in [0.25, 0.3) is 0 Å². The summed E-state index contributed by atoms with van der Waals surface area (Å²) >= 11 is 1.47. The van der Waals surface area contributed by atoms with Crippen LogP contribution in [-0.2, 0) is 0 Å². The maximum atomic E-state index is 13.0. The SMILES string of the molecule is Cc1ccc2c(n1)C(=O)/C(=C1\SS/C(=C3/C=Cc4ccc(C)nc4C3=O)S1)C=C2. The highest BCUT2D eigenvalue weighted by Crippen LogP contribution is 2.60. The number of Topliss-reactive ketones (excluding diaryl/α,β-unsaturated/α-hetero) is 2. The molecule has 0 radical (unpaired) electrons. The van der Waals surface area contributed by atoms with Crippen molar-refractivity contribution in [2.24, 2.45) is 0 Å². The van der Waals surface area contributed by atoms with Crippen molar-refractivity contribution in [2.45, 2.75) is 13.8 Å². The van der Waals surface area contributed by atoms with Crippen LogP contribution in [0.25, 0.3) is 12.2 Å². The van der Waals surface area contributed by atoms with Gasteiger partial charge >= 0.3 is 0 Å². The van der Waals surface area contributed by atoms with Gasteiger partial charge in [0.1, 0.15) is 11.4 Å². The monoisotopic (exact) mass is 434 g/mol. The van der Waals surface area contributed by atoms with Crippen molar-refractivity contribution in [3.63, 3.8) is 0 Å². The molecule has 4 nitrogen and oxygen atoms in total. The number of allylic oxidation sites excluding steroid dienone is 4. The topological polar surface area (TPSA) is 59.9 Å². The fourth-order valence-corrected chi connectivity index (χ4v) is 7.75. The third kappa shape index (κ3) is 3.23. The molecule has 3 heterocycles. The van der Waals surface area contributed by atoms with Crippen molar-refractivity contribution in [1.82, 2.24) is 9.97 Å². The lowest BCUT2D eigenvalue weighted by Crippen LogP contribution is -2.12. The lowest BCUT2D eigenvalue weighted by atomic mass is 9.98. The number of pyridine rings is 2. The van der Waals surface area contributed by atoms with Gasteiger partial charge in [-0.25, -0.2) is 9.97 Å². The largest absolute Gasteiger partial charge is 0.287 e. The van der Waals surface area contributed by atoms with Crippen LogP contribution in [0.1, 0.15) is 43.5 Å². The average molecular weight is 435 g/mol. The number of fused-ring (bicyclic) bond motifs is 2. The number of nitrogens with zero attached hydrogens (tertiary/aromatic N) is 2. The number of ketones is 2. The Balaban J connectivity index is 1.51. The Kier molecular flexibility index (Phi) is 4.61. The molecule has 2 aliphatic carbocycles. The Morgan fingerprint density at radius 3 is 1.55 bits per heavy atom. The predicted octanol–water partition coefficient (Wildman–Crippen LogP) is 5.76. The first-order valence-electron chi connectivity index (χ1n) is 8.93. The van der Waals surface area contributed by atoms with Crippen LogP contribution >= 0.6 is 33.3 Å². The molecule has 1 saturated heterocycles. The highest BCUT2D eigenvalue weighted by molar-refractivity contribution is 8.86. The standard InChI is InChI=1S/C22H14N2O2S3/c1-11-3-5-13-7-9-15(19(25)17(13)23-11)21-27-22(29-28-21)16-10-8-14-6-4-12(2)24-18(14)20(16)26/h3-10H,1-2H3/b21-15-,22-16-. The zero-order chi connectivity index (χ0) is 20.1. The van der Waals surface area contributed by atoms with Crippen molar-refractivity contribution in [1.29, 1.82) is 0 Å². The summed E-state index contributed by atoms with van der Waals surface area (Å²) in [5.74, 6) is -0.137. The Morgan fingerprint density at radius 1 is 0.655 bits per heavy atom. The summed E-state index contributed by atoms with van der Waals surface area (Å²) in [6, 6.07) is 7.65. The second-order valence-electron chi connectivity index (χ2n) is 6.78. The van der Waals surface area contributed by atoms with Gasteiger partial charge in [-0.15, -0.1) is 0 Å². The molecule has 142 valence electrons. The van der Waals surface area contributed by atoms with E-state index in [2.05, 4.69) is 9.97 Å². The van der Waals surface area contributed by atoms with E-state index in [1.165, 1.54) is 33.3 Å². The van der Waals surface area contributed by atoms with Gasteiger partial charge in [-0.2, -0.15) is 0 Å². The number of aromatic nitrogens is 2. The molecule has 1 fully saturated rings. The first-order chi connectivity index (χ1) is 14.0. The molecule has 1 aliphatic heterocycles. The minimum atomic E-state index is -0.0683. The van der Waals surface area contributed by atoms with E-state index in [4.69, 9.17) is 0 Å². The van der Waals surface area contributed by atoms with Crippen molar-refractivity contribution < 1.29 is 9.59 Å². The summed E-state index contributed by atoms with van der Waals surface area (Å²) < 4.78 is 1.77. The molecular weight excluding hydrogens is 420 g/mol. The van der Waals surface area contributed by atoms with Gasteiger partial charge < -0.3 is 0 Å². The fourth-order valence-electron chi connectivity index (χ4n) is 3.24. The fraction of sp³-hybridized carbons (Fsp3) is 0.0909. The molecule has 0 bridgehead atoms. The molecule has 0 atom stereocenters. The molecule has 0 unspecified atom stereocenters. The summed E-state index contributed by atoms with van der Waals surface area (Å²) in [5, 5.41) is 0. The van der Waals surface area contributed by atoms with E-state index in [1.807, 2.05) is 62.4 Å². The van der Waals surface area contributed by atoms with Gasteiger partial charge in [-0.3, -0.25) is 9.59 Å². The Labute approximate surface area is 180 Å². The summed E-state index contributed by atoms with van der Waals surface area (Å²) in [6.45, 7) is 3.76. The molecule has 0 amide bonds. The first-order valence-corrected chi connectivity index (χ1v) is 11.9. The number of thioether (sulfide) groups is 1. The van der Waals surface area contributed by atoms with Gasteiger partial charge in [0.05, 0.1) is 8.47 Å². The number of carbonyl (C=O) groups excluding carboxylic acids is 2. The third-order valence-electron chi connectivity index (χ3n) is 4.73. The van der Waals surface area contributed by atoms with E-state index in [0.717, 1.165) is 31.0 Å². The third-order valence-corrected chi connectivity index (χ3v) is 9.25. The second-order valence-corrected chi connectivity index (χ2v) is 10.5. The maximum absolute atomic E-state index is 13.0. The van der Waals surface area contributed by atoms with Crippen molar-refractivity contribution in [2.75, 3.05) is 0 Å². The molecule has 0 aromatic carbocycles.